The molecule has 0 radical (unpaired) electrons. The number of hydrogen-bond donors (Lipinski definition) is 1. The molecule has 1 aromatic rings. The van der Waals surface area contributed by atoms with Crippen molar-refractivity contribution in [1.29, 1.82) is 0 Å². The first-order chi connectivity index (χ1) is 6.79. The van der Waals surface area contributed by atoms with Gasteiger partial charge in [0.15, 0.2) is 0 Å². The topological polar surface area (TPSA) is 37.8 Å². The molecule has 78 valence electrons. The smallest absolute Gasteiger partial charge is 0.202 e. The molecule has 0 bridgehead atoms. The van der Waals surface area contributed by atoms with E-state index in [1.54, 1.807) is 0 Å². The summed E-state index contributed by atoms with van der Waals surface area (Å²) >= 11 is 1.49. The maximum Gasteiger partial charge on any atom is 0.202 e. The van der Waals surface area contributed by atoms with Gasteiger partial charge in [0.2, 0.25) is 5.13 Å². The summed E-state index contributed by atoms with van der Waals surface area (Å²) in [6, 6.07) is 0. The van der Waals surface area contributed by atoms with Gasteiger partial charge in [-0.1, -0.05) is 6.92 Å². The Kier molecular flexibility index (Phi) is 3.01. The van der Waals surface area contributed by atoms with Crippen LogP contribution in [0.2, 0.25) is 0 Å². The van der Waals surface area contributed by atoms with E-state index in [0.717, 1.165) is 23.4 Å². The number of aromatic nitrogens is 2. The van der Waals surface area contributed by atoms with Gasteiger partial charge >= 0.3 is 0 Å². The fourth-order valence-corrected chi connectivity index (χ4v) is 2.78. The molecule has 0 amide bonds. The van der Waals surface area contributed by atoms with E-state index in [0.29, 0.717) is 5.92 Å². The maximum absolute atomic E-state index is 4.51. The zero-order valence-corrected chi connectivity index (χ0v) is 9.60. The summed E-state index contributed by atoms with van der Waals surface area (Å²) in [5.74, 6) is 2.54. The first kappa shape index (κ1) is 9.90. The number of nitrogens with one attached hydrogen (secondary N) is 1. The van der Waals surface area contributed by atoms with Crippen LogP contribution in [-0.4, -0.2) is 15.9 Å². The predicted molar refractivity (Wildman–Crippen MR) is 59.8 cm³/mol. The van der Waals surface area contributed by atoms with E-state index in [2.05, 4.69) is 28.5 Å². The highest BCUT2D eigenvalue weighted by molar-refractivity contribution is 7.09. The Bertz CT molecular complexity index is 297. The molecule has 0 aromatic carbocycles. The van der Waals surface area contributed by atoms with Gasteiger partial charge in [-0.05, 0) is 32.1 Å². The predicted octanol–water partition coefficient (Wildman–Crippen LogP) is 2.87. The number of anilines is 1. The third kappa shape index (κ3) is 2.05. The van der Waals surface area contributed by atoms with E-state index in [4.69, 9.17) is 0 Å². The van der Waals surface area contributed by atoms with Crippen molar-refractivity contribution in [2.45, 2.75) is 39.0 Å². The van der Waals surface area contributed by atoms with E-state index in [1.807, 2.05) is 0 Å². The molecule has 0 spiro atoms. The highest BCUT2D eigenvalue weighted by Gasteiger charge is 2.25. The Balaban J connectivity index is 2.02. The molecule has 2 atom stereocenters. The van der Waals surface area contributed by atoms with E-state index in [-0.39, 0.29) is 0 Å². The molecule has 1 N–H and O–H groups in total. The van der Waals surface area contributed by atoms with E-state index in [1.165, 1.54) is 30.8 Å². The van der Waals surface area contributed by atoms with E-state index in [9.17, 15) is 0 Å². The lowest BCUT2D eigenvalue weighted by atomic mass is 10.1. The number of rotatable bonds is 3. The molecule has 1 fully saturated rings. The van der Waals surface area contributed by atoms with Gasteiger partial charge in [-0.3, -0.25) is 0 Å². The van der Waals surface area contributed by atoms with Crippen molar-refractivity contribution in [3.63, 3.8) is 0 Å². The summed E-state index contributed by atoms with van der Waals surface area (Å²) in [7, 11) is 0. The van der Waals surface area contributed by atoms with Crippen LogP contribution in [0.3, 0.4) is 0 Å². The molecule has 1 heterocycles. The van der Waals surface area contributed by atoms with Gasteiger partial charge < -0.3 is 5.32 Å². The Hall–Kier alpha value is -0.640. The average Bonchev–Trinajstić information content (AvgIpc) is 2.74. The standard InChI is InChI=1S/C10H17N3S/c1-3-11-10-12-9(13-14-10)8-5-4-7(2)6-8/h7-8H,3-6H2,1-2H3,(H,11,12,13). The zero-order valence-electron chi connectivity index (χ0n) is 8.79. The normalized spacial score (nSPS) is 26.7. The van der Waals surface area contributed by atoms with E-state index >= 15 is 0 Å². The Labute approximate surface area is 89.1 Å². The number of nitrogens with zero attached hydrogens (tertiary/aromatic N) is 2. The minimum Gasteiger partial charge on any atom is -0.361 e. The van der Waals surface area contributed by atoms with Gasteiger partial charge in [-0.25, -0.2) is 4.98 Å². The van der Waals surface area contributed by atoms with Crippen LogP contribution in [0.25, 0.3) is 0 Å². The van der Waals surface area contributed by atoms with Crippen LogP contribution in [-0.2, 0) is 0 Å². The van der Waals surface area contributed by atoms with Gasteiger partial charge in [0.25, 0.3) is 0 Å². The fraction of sp³-hybridized carbons (Fsp3) is 0.800. The van der Waals surface area contributed by atoms with Crippen LogP contribution >= 0.6 is 11.5 Å². The summed E-state index contributed by atoms with van der Waals surface area (Å²) in [5.41, 5.74) is 0. The second kappa shape index (κ2) is 4.26. The van der Waals surface area contributed by atoms with Crippen molar-refractivity contribution in [3.05, 3.63) is 5.82 Å². The molecule has 4 heteroatoms. The molecule has 0 aliphatic heterocycles. The van der Waals surface area contributed by atoms with Gasteiger partial charge in [0.05, 0.1) is 0 Å². The van der Waals surface area contributed by atoms with Crippen LogP contribution in [0.1, 0.15) is 44.9 Å². The Morgan fingerprint density at radius 2 is 2.36 bits per heavy atom. The first-order valence-electron chi connectivity index (χ1n) is 5.37. The highest BCUT2D eigenvalue weighted by atomic mass is 32.1. The lowest BCUT2D eigenvalue weighted by molar-refractivity contribution is 0.588. The average molecular weight is 211 g/mol. The molecule has 1 aliphatic carbocycles. The van der Waals surface area contributed by atoms with Crippen LogP contribution in [0.15, 0.2) is 0 Å². The van der Waals surface area contributed by atoms with Gasteiger partial charge in [-0.2, -0.15) is 4.37 Å². The second-order valence-electron chi connectivity index (χ2n) is 4.10. The maximum atomic E-state index is 4.51. The molecular formula is C10H17N3S. The second-order valence-corrected chi connectivity index (χ2v) is 4.86. The molecular weight excluding hydrogens is 194 g/mol. The summed E-state index contributed by atoms with van der Waals surface area (Å²) in [6.45, 7) is 5.33. The Morgan fingerprint density at radius 3 is 3.00 bits per heavy atom. The SMILES string of the molecule is CCNc1nc(C2CCC(C)C2)ns1. The summed E-state index contributed by atoms with van der Waals surface area (Å²) < 4.78 is 4.42. The minimum atomic E-state index is 0.619. The molecule has 14 heavy (non-hydrogen) atoms. The largest absolute Gasteiger partial charge is 0.361 e. The minimum absolute atomic E-state index is 0.619. The van der Waals surface area contributed by atoms with Crippen molar-refractivity contribution in [2.75, 3.05) is 11.9 Å². The van der Waals surface area contributed by atoms with Crippen molar-refractivity contribution >= 4 is 16.7 Å². The van der Waals surface area contributed by atoms with Crippen LogP contribution in [0, 0.1) is 5.92 Å². The monoisotopic (exact) mass is 211 g/mol. The van der Waals surface area contributed by atoms with Crippen molar-refractivity contribution in [1.82, 2.24) is 9.36 Å². The third-order valence-electron chi connectivity index (χ3n) is 2.83. The van der Waals surface area contributed by atoms with Crippen molar-refractivity contribution in [2.24, 2.45) is 5.92 Å². The zero-order chi connectivity index (χ0) is 9.97. The van der Waals surface area contributed by atoms with Gasteiger partial charge in [0.1, 0.15) is 5.82 Å². The fourth-order valence-electron chi connectivity index (χ4n) is 2.07. The summed E-state index contributed by atoms with van der Waals surface area (Å²) in [5, 5.41) is 4.18. The molecule has 2 rings (SSSR count). The molecule has 1 saturated carbocycles. The lowest BCUT2D eigenvalue weighted by Crippen LogP contribution is -1.98. The number of hydrogen-bond acceptors (Lipinski definition) is 4. The van der Waals surface area contributed by atoms with Crippen molar-refractivity contribution < 1.29 is 0 Å². The highest BCUT2D eigenvalue weighted by Crippen LogP contribution is 2.37. The van der Waals surface area contributed by atoms with Gasteiger partial charge in [-0.15, -0.1) is 0 Å². The summed E-state index contributed by atoms with van der Waals surface area (Å²) in [4.78, 5) is 4.51. The molecule has 3 nitrogen and oxygen atoms in total. The summed E-state index contributed by atoms with van der Waals surface area (Å²) in [6.07, 6.45) is 3.87. The molecule has 0 saturated heterocycles. The van der Waals surface area contributed by atoms with Crippen molar-refractivity contribution in [3.8, 4) is 0 Å². The lowest BCUT2D eigenvalue weighted by Gasteiger charge is -2.02. The molecule has 2 unspecified atom stereocenters. The Morgan fingerprint density at radius 1 is 1.50 bits per heavy atom. The third-order valence-corrected chi connectivity index (χ3v) is 3.52. The van der Waals surface area contributed by atoms with Crippen LogP contribution in [0.4, 0.5) is 5.13 Å². The van der Waals surface area contributed by atoms with E-state index < -0.39 is 0 Å². The quantitative estimate of drug-likeness (QED) is 0.835. The van der Waals surface area contributed by atoms with Crippen LogP contribution < -0.4 is 5.32 Å². The molecule has 1 aliphatic rings. The molecule has 1 aromatic heterocycles. The van der Waals surface area contributed by atoms with Gasteiger partial charge in [0, 0.05) is 24.0 Å². The van der Waals surface area contributed by atoms with Crippen LogP contribution in [0.5, 0.6) is 0 Å². The first-order valence-corrected chi connectivity index (χ1v) is 6.14.